The Morgan fingerprint density at radius 1 is 0.969 bits per heavy atom. The number of pyridine rings is 1. The number of benzene rings is 2. The monoisotopic (exact) mass is 424 g/mol. The molecule has 162 valence electrons. The number of likely N-dealkylation sites (tertiary alicyclic amines) is 1. The van der Waals surface area contributed by atoms with Crippen LogP contribution in [0.25, 0.3) is 33.2 Å². The zero-order valence-corrected chi connectivity index (χ0v) is 18.4. The number of rotatable bonds is 5. The number of β-amino-alcohol motifs (C(OH)–C–C–N with tert-alkyl or cyclic N) is 1. The highest BCUT2D eigenvalue weighted by Gasteiger charge is 2.24. The summed E-state index contributed by atoms with van der Waals surface area (Å²) in [6.45, 7) is 4.52. The number of aromatic nitrogens is 3. The van der Waals surface area contributed by atoms with Crippen LogP contribution in [-0.2, 0) is 0 Å². The summed E-state index contributed by atoms with van der Waals surface area (Å²) in [5, 5.41) is 12.1. The minimum absolute atomic E-state index is 0.290. The van der Waals surface area contributed by atoms with Crippen LogP contribution in [0.5, 0.6) is 0 Å². The van der Waals surface area contributed by atoms with Crippen LogP contribution < -0.4 is 0 Å². The Balaban J connectivity index is 1.51. The van der Waals surface area contributed by atoms with Crippen molar-refractivity contribution in [3.8, 4) is 22.4 Å². The molecule has 0 aliphatic carbocycles. The van der Waals surface area contributed by atoms with Gasteiger partial charge < -0.3 is 10.0 Å². The normalized spacial score (nSPS) is 16.3. The third kappa shape index (κ3) is 4.40. The van der Waals surface area contributed by atoms with Gasteiger partial charge in [0.2, 0.25) is 0 Å². The predicted octanol–water partition coefficient (Wildman–Crippen LogP) is 4.92. The molecule has 2 aromatic heterocycles. The summed E-state index contributed by atoms with van der Waals surface area (Å²) in [5.41, 5.74) is 4.17. The van der Waals surface area contributed by atoms with E-state index in [1.807, 2.05) is 37.6 Å². The molecule has 1 saturated heterocycles. The second kappa shape index (κ2) is 9.15. The first-order valence-electron chi connectivity index (χ1n) is 11.3. The third-order valence-electron chi connectivity index (χ3n) is 6.30. The molecule has 5 nitrogen and oxygen atoms in total. The molecule has 0 spiro atoms. The number of fused-ring (bicyclic) bond motifs is 1. The smallest absolute Gasteiger partial charge is 0.132 e. The van der Waals surface area contributed by atoms with Crippen molar-refractivity contribution in [1.82, 2.24) is 19.9 Å². The number of hydrogen-bond donors (Lipinski definition) is 1. The number of aliphatic hydroxyl groups is 1. The van der Waals surface area contributed by atoms with E-state index in [-0.39, 0.29) is 6.10 Å². The Morgan fingerprint density at radius 3 is 2.47 bits per heavy atom. The van der Waals surface area contributed by atoms with Gasteiger partial charge in [-0.15, -0.1) is 0 Å². The molecule has 5 heteroatoms. The fraction of sp³-hybridized carbons (Fsp3) is 0.296. The van der Waals surface area contributed by atoms with Gasteiger partial charge in [-0.3, -0.25) is 4.98 Å². The van der Waals surface area contributed by atoms with Crippen LogP contribution in [0.1, 0.15) is 31.5 Å². The van der Waals surface area contributed by atoms with Gasteiger partial charge in [0.15, 0.2) is 0 Å². The molecule has 0 saturated carbocycles. The third-order valence-corrected chi connectivity index (χ3v) is 6.30. The summed E-state index contributed by atoms with van der Waals surface area (Å²) in [6, 6.07) is 19.0. The number of aliphatic hydroxyl groups excluding tert-OH is 1. The standard InChI is InChI=1S/C27H28N4O/c1-19(32)18-31-14-10-22(11-15-31)27-29-17-25(26(30-27)21-8-12-28-13-9-21)24-7-6-20-4-2-3-5-23(20)16-24/h2-9,12-13,16-17,19,22,32H,10-11,14-15,18H2,1H3. The minimum atomic E-state index is -0.290. The molecule has 0 amide bonds. The summed E-state index contributed by atoms with van der Waals surface area (Å²) in [4.78, 5) is 16.5. The second-order valence-electron chi connectivity index (χ2n) is 8.71. The van der Waals surface area contributed by atoms with E-state index in [2.05, 4.69) is 52.3 Å². The van der Waals surface area contributed by atoms with Crippen molar-refractivity contribution < 1.29 is 5.11 Å². The topological polar surface area (TPSA) is 62.1 Å². The van der Waals surface area contributed by atoms with Crippen LogP contribution in [0.3, 0.4) is 0 Å². The molecular weight excluding hydrogens is 396 g/mol. The lowest BCUT2D eigenvalue weighted by Gasteiger charge is -2.32. The average molecular weight is 425 g/mol. The average Bonchev–Trinajstić information content (AvgIpc) is 2.84. The van der Waals surface area contributed by atoms with E-state index in [4.69, 9.17) is 9.97 Å². The summed E-state index contributed by atoms with van der Waals surface area (Å²) < 4.78 is 0. The van der Waals surface area contributed by atoms with Gasteiger partial charge in [0.25, 0.3) is 0 Å². The largest absolute Gasteiger partial charge is 0.392 e. The van der Waals surface area contributed by atoms with E-state index in [9.17, 15) is 5.11 Å². The van der Waals surface area contributed by atoms with E-state index < -0.39 is 0 Å². The maximum Gasteiger partial charge on any atom is 0.132 e. The van der Waals surface area contributed by atoms with Gasteiger partial charge in [0.1, 0.15) is 5.82 Å². The van der Waals surface area contributed by atoms with Gasteiger partial charge in [0, 0.05) is 42.2 Å². The van der Waals surface area contributed by atoms with E-state index >= 15 is 0 Å². The van der Waals surface area contributed by atoms with E-state index in [1.165, 1.54) is 10.8 Å². The Bertz CT molecular complexity index is 1200. The molecule has 1 fully saturated rings. The molecule has 1 atom stereocenters. The van der Waals surface area contributed by atoms with Crippen molar-refractivity contribution >= 4 is 10.8 Å². The zero-order chi connectivity index (χ0) is 21.9. The van der Waals surface area contributed by atoms with Crippen molar-refractivity contribution in [1.29, 1.82) is 0 Å². The van der Waals surface area contributed by atoms with E-state index in [0.29, 0.717) is 5.92 Å². The molecular formula is C27H28N4O. The van der Waals surface area contributed by atoms with Crippen LogP contribution in [0.15, 0.2) is 73.2 Å². The highest BCUT2D eigenvalue weighted by atomic mass is 16.3. The quantitative estimate of drug-likeness (QED) is 0.493. The SMILES string of the molecule is CC(O)CN1CCC(c2ncc(-c3ccc4ccccc4c3)c(-c3ccncc3)n2)CC1. The first-order valence-corrected chi connectivity index (χ1v) is 11.3. The van der Waals surface area contributed by atoms with Crippen molar-refractivity contribution in [2.24, 2.45) is 0 Å². The molecule has 3 heterocycles. The summed E-state index contributed by atoms with van der Waals surface area (Å²) >= 11 is 0. The van der Waals surface area contributed by atoms with Crippen molar-refractivity contribution in [2.45, 2.75) is 31.8 Å². The first-order chi connectivity index (χ1) is 15.7. The second-order valence-corrected chi connectivity index (χ2v) is 8.71. The van der Waals surface area contributed by atoms with Crippen LogP contribution in [0.4, 0.5) is 0 Å². The lowest BCUT2D eigenvalue weighted by atomic mass is 9.94. The van der Waals surface area contributed by atoms with Crippen LogP contribution in [0.2, 0.25) is 0 Å². The van der Waals surface area contributed by atoms with Crippen molar-refractivity contribution in [3.05, 3.63) is 79.0 Å². The molecule has 1 aliphatic heterocycles. The van der Waals surface area contributed by atoms with Crippen molar-refractivity contribution in [2.75, 3.05) is 19.6 Å². The first kappa shape index (κ1) is 20.7. The summed E-state index contributed by atoms with van der Waals surface area (Å²) in [6.07, 6.45) is 7.36. The maximum absolute atomic E-state index is 9.68. The Labute approximate surface area is 188 Å². The molecule has 0 bridgehead atoms. The van der Waals surface area contributed by atoms with Crippen LogP contribution in [0, 0.1) is 0 Å². The minimum Gasteiger partial charge on any atom is -0.392 e. The zero-order valence-electron chi connectivity index (χ0n) is 18.4. The van der Waals surface area contributed by atoms with Crippen molar-refractivity contribution in [3.63, 3.8) is 0 Å². The Morgan fingerprint density at radius 2 is 1.72 bits per heavy atom. The highest BCUT2D eigenvalue weighted by molar-refractivity contribution is 5.90. The molecule has 1 aliphatic rings. The molecule has 2 aromatic carbocycles. The number of piperidine rings is 1. The number of nitrogens with zero attached hydrogens (tertiary/aromatic N) is 4. The lowest BCUT2D eigenvalue weighted by Crippen LogP contribution is -2.37. The maximum atomic E-state index is 9.68. The fourth-order valence-corrected chi connectivity index (χ4v) is 4.64. The molecule has 1 unspecified atom stereocenters. The van der Waals surface area contributed by atoms with Crippen LogP contribution in [-0.4, -0.2) is 50.7 Å². The number of hydrogen-bond acceptors (Lipinski definition) is 5. The van der Waals surface area contributed by atoms with Gasteiger partial charge in [0.05, 0.1) is 11.8 Å². The Hall–Kier alpha value is -3.15. The van der Waals surface area contributed by atoms with Crippen LogP contribution >= 0.6 is 0 Å². The molecule has 32 heavy (non-hydrogen) atoms. The molecule has 4 aromatic rings. The summed E-state index contributed by atoms with van der Waals surface area (Å²) in [5.74, 6) is 1.25. The van der Waals surface area contributed by atoms with Gasteiger partial charge in [-0.2, -0.15) is 0 Å². The molecule has 5 rings (SSSR count). The highest BCUT2D eigenvalue weighted by Crippen LogP contribution is 2.34. The predicted molar refractivity (Wildman–Crippen MR) is 128 cm³/mol. The van der Waals surface area contributed by atoms with E-state index in [0.717, 1.165) is 60.7 Å². The fourth-order valence-electron chi connectivity index (χ4n) is 4.64. The lowest BCUT2D eigenvalue weighted by molar-refractivity contribution is 0.108. The van der Waals surface area contributed by atoms with Gasteiger partial charge in [-0.25, -0.2) is 9.97 Å². The Kier molecular flexibility index (Phi) is 5.93. The van der Waals surface area contributed by atoms with Gasteiger partial charge >= 0.3 is 0 Å². The molecule has 0 radical (unpaired) electrons. The van der Waals surface area contributed by atoms with E-state index in [1.54, 1.807) is 0 Å². The molecule has 1 N–H and O–H groups in total. The van der Waals surface area contributed by atoms with Gasteiger partial charge in [-0.05, 0) is 67.4 Å². The van der Waals surface area contributed by atoms with Gasteiger partial charge in [-0.1, -0.05) is 36.4 Å². The summed E-state index contributed by atoms with van der Waals surface area (Å²) in [7, 11) is 0.